The van der Waals surface area contributed by atoms with Gasteiger partial charge in [0.1, 0.15) is 5.75 Å². The summed E-state index contributed by atoms with van der Waals surface area (Å²) in [5, 5.41) is 9.25. The highest BCUT2D eigenvalue weighted by Gasteiger charge is 2.08. The summed E-state index contributed by atoms with van der Waals surface area (Å²) in [6.45, 7) is -0.0779. The van der Waals surface area contributed by atoms with Gasteiger partial charge in [0.15, 0.2) is 4.77 Å². The van der Waals surface area contributed by atoms with E-state index in [0.717, 1.165) is 15.9 Å². The number of H-pyrrole nitrogens is 1. The zero-order valence-corrected chi connectivity index (χ0v) is 11.5. The number of rotatable bonds is 3. The summed E-state index contributed by atoms with van der Waals surface area (Å²) in [7, 11) is 1.60. The Bertz CT molecular complexity index is 591. The summed E-state index contributed by atoms with van der Waals surface area (Å²) in [5.41, 5.74) is 1.56. The standard InChI is InChI=1S/C11H11BrN2O2S/c1-16-10-4-7(2-3-9(10)12)14-8(6-15)5-13-11(14)17/h2-5,15H,6H2,1H3,(H,13,17). The van der Waals surface area contributed by atoms with Crippen molar-refractivity contribution >= 4 is 28.1 Å². The number of halogens is 1. The van der Waals surface area contributed by atoms with Crippen molar-refractivity contribution in [3.8, 4) is 11.4 Å². The molecule has 0 spiro atoms. The summed E-state index contributed by atoms with van der Waals surface area (Å²) < 4.78 is 8.41. The molecule has 0 aliphatic carbocycles. The third kappa shape index (κ3) is 2.29. The van der Waals surface area contributed by atoms with E-state index in [1.165, 1.54) is 0 Å². The lowest BCUT2D eigenvalue weighted by atomic mass is 10.3. The molecule has 0 amide bonds. The number of imidazole rings is 1. The van der Waals surface area contributed by atoms with E-state index < -0.39 is 0 Å². The van der Waals surface area contributed by atoms with Gasteiger partial charge in [-0.25, -0.2) is 0 Å². The van der Waals surface area contributed by atoms with Gasteiger partial charge in [-0.2, -0.15) is 0 Å². The predicted molar refractivity (Wildman–Crippen MR) is 71.1 cm³/mol. The van der Waals surface area contributed by atoms with E-state index in [-0.39, 0.29) is 6.61 Å². The Balaban J connectivity index is 2.60. The van der Waals surface area contributed by atoms with Gasteiger partial charge in [-0.1, -0.05) is 0 Å². The van der Waals surface area contributed by atoms with E-state index in [0.29, 0.717) is 10.5 Å². The Hall–Kier alpha value is -1.11. The first-order chi connectivity index (χ1) is 8.17. The van der Waals surface area contributed by atoms with Crippen LogP contribution in [0.3, 0.4) is 0 Å². The number of nitrogens with zero attached hydrogens (tertiary/aromatic N) is 1. The molecule has 4 nitrogen and oxygen atoms in total. The number of methoxy groups -OCH3 is 1. The van der Waals surface area contributed by atoms with Gasteiger partial charge in [-0.3, -0.25) is 4.57 Å². The van der Waals surface area contributed by atoms with Crippen molar-refractivity contribution in [1.29, 1.82) is 0 Å². The van der Waals surface area contributed by atoms with Crippen LogP contribution >= 0.6 is 28.1 Å². The molecular weight excluding hydrogens is 304 g/mol. The fourth-order valence-corrected chi connectivity index (χ4v) is 2.28. The molecule has 6 heteroatoms. The topological polar surface area (TPSA) is 50.2 Å². The highest BCUT2D eigenvalue weighted by atomic mass is 79.9. The normalized spacial score (nSPS) is 10.5. The number of aromatic nitrogens is 2. The molecule has 0 radical (unpaired) electrons. The molecule has 0 atom stereocenters. The minimum absolute atomic E-state index is 0.0779. The number of ether oxygens (including phenoxy) is 1. The predicted octanol–water partition coefficient (Wildman–Crippen LogP) is 2.80. The first kappa shape index (κ1) is 12.3. The summed E-state index contributed by atoms with van der Waals surface area (Å²) in [6, 6.07) is 5.63. The molecule has 0 unspecified atom stereocenters. The monoisotopic (exact) mass is 314 g/mol. The Morgan fingerprint density at radius 2 is 2.29 bits per heavy atom. The van der Waals surface area contributed by atoms with Crippen molar-refractivity contribution in [2.75, 3.05) is 7.11 Å². The molecule has 0 bridgehead atoms. The second-order valence-corrected chi connectivity index (χ2v) is 4.64. The number of aromatic amines is 1. The van der Waals surface area contributed by atoms with Crippen LogP contribution in [0.2, 0.25) is 0 Å². The molecule has 1 aromatic carbocycles. The van der Waals surface area contributed by atoms with Crippen molar-refractivity contribution in [2.24, 2.45) is 0 Å². The second kappa shape index (κ2) is 5.03. The minimum Gasteiger partial charge on any atom is -0.495 e. The van der Waals surface area contributed by atoms with Crippen LogP contribution in [0.25, 0.3) is 5.69 Å². The maximum atomic E-state index is 9.25. The molecule has 0 fully saturated rings. The van der Waals surface area contributed by atoms with Gasteiger partial charge in [-0.05, 0) is 40.3 Å². The average Bonchev–Trinajstić information content (AvgIpc) is 2.71. The third-order valence-electron chi connectivity index (χ3n) is 2.41. The van der Waals surface area contributed by atoms with Gasteiger partial charge in [0.25, 0.3) is 0 Å². The lowest BCUT2D eigenvalue weighted by Crippen LogP contribution is -2.00. The molecule has 2 rings (SSSR count). The highest BCUT2D eigenvalue weighted by molar-refractivity contribution is 9.10. The van der Waals surface area contributed by atoms with Crippen LogP contribution < -0.4 is 4.74 Å². The zero-order chi connectivity index (χ0) is 12.4. The van der Waals surface area contributed by atoms with Crippen molar-refractivity contribution in [2.45, 2.75) is 6.61 Å². The van der Waals surface area contributed by atoms with Crippen molar-refractivity contribution in [3.63, 3.8) is 0 Å². The number of nitrogens with one attached hydrogen (secondary N) is 1. The maximum absolute atomic E-state index is 9.25. The van der Waals surface area contributed by atoms with E-state index >= 15 is 0 Å². The second-order valence-electron chi connectivity index (χ2n) is 3.40. The summed E-state index contributed by atoms with van der Waals surface area (Å²) >= 11 is 8.57. The fraction of sp³-hybridized carbons (Fsp3) is 0.182. The molecule has 90 valence electrons. The highest BCUT2D eigenvalue weighted by Crippen LogP contribution is 2.27. The largest absolute Gasteiger partial charge is 0.495 e. The molecule has 2 N–H and O–H groups in total. The smallest absolute Gasteiger partial charge is 0.182 e. The summed E-state index contributed by atoms with van der Waals surface area (Å²) in [5.74, 6) is 0.717. The molecule has 1 heterocycles. The minimum atomic E-state index is -0.0779. The van der Waals surface area contributed by atoms with E-state index in [4.69, 9.17) is 17.0 Å². The quantitative estimate of drug-likeness (QED) is 0.857. The zero-order valence-electron chi connectivity index (χ0n) is 9.11. The van der Waals surface area contributed by atoms with Crippen molar-refractivity contribution in [3.05, 3.63) is 39.3 Å². The van der Waals surface area contributed by atoms with Gasteiger partial charge in [-0.15, -0.1) is 0 Å². The van der Waals surface area contributed by atoms with Gasteiger partial charge < -0.3 is 14.8 Å². The van der Waals surface area contributed by atoms with Crippen LogP contribution in [0.15, 0.2) is 28.9 Å². The number of hydrogen-bond donors (Lipinski definition) is 2. The first-order valence-corrected chi connectivity index (χ1v) is 6.11. The van der Waals surface area contributed by atoms with Crippen LogP contribution in [0.4, 0.5) is 0 Å². The third-order valence-corrected chi connectivity index (χ3v) is 3.36. The number of hydrogen-bond acceptors (Lipinski definition) is 3. The molecule has 17 heavy (non-hydrogen) atoms. The average molecular weight is 315 g/mol. The lowest BCUT2D eigenvalue weighted by molar-refractivity contribution is 0.274. The molecule has 0 aliphatic heterocycles. The van der Waals surface area contributed by atoms with E-state index in [9.17, 15) is 5.11 Å². The van der Waals surface area contributed by atoms with Crippen LogP contribution in [0.1, 0.15) is 5.69 Å². The molecule has 0 saturated carbocycles. The fourth-order valence-electron chi connectivity index (χ4n) is 1.59. The van der Waals surface area contributed by atoms with E-state index in [2.05, 4.69) is 20.9 Å². The first-order valence-electron chi connectivity index (χ1n) is 4.91. The van der Waals surface area contributed by atoms with E-state index in [1.807, 2.05) is 18.2 Å². The molecule has 2 aromatic rings. The maximum Gasteiger partial charge on any atom is 0.182 e. The number of benzene rings is 1. The van der Waals surface area contributed by atoms with Crippen molar-refractivity contribution in [1.82, 2.24) is 9.55 Å². The summed E-state index contributed by atoms with van der Waals surface area (Å²) in [4.78, 5) is 2.90. The molecular formula is C11H11BrN2O2S. The van der Waals surface area contributed by atoms with Crippen LogP contribution in [0, 0.1) is 4.77 Å². The summed E-state index contributed by atoms with van der Waals surface area (Å²) in [6.07, 6.45) is 1.69. The Morgan fingerprint density at radius 1 is 1.53 bits per heavy atom. The Kier molecular flexibility index (Phi) is 3.66. The van der Waals surface area contributed by atoms with Crippen LogP contribution in [-0.2, 0) is 6.61 Å². The molecule has 0 saturated heterocycles. The molecule has 0 aliphatic rings. The Labute approximate surface area is 112 Å². The SMILES string of the molecule is COc1cc(-n2c(CO)c[nH]c2=S)ccc1Br. The molecule has 1 aromatic heterocycles. The number of aliphatic hydroxyl groups is 1. The van der Waals surface area contributed by atoms with Gasteiger partial charge in [0.05, 0.1) is 29.6 Å². The van der Waals surface area contributed by atoms with Crippen molar-refractivity contribution < 1.29 is 9.84 Å². The van der Waals surface area contributed by atoms with Gasteiger partial charge in [0, 0.05) is 12.3 Å². The van der Waals surface area contributed by atoms with Gasteiger partial charge >= 0.3 is 0 Å². The van der Waals surface area contributed by atoms with Crippen LogP contribution in [0.5, 0.6) is 5.75 Å². The lowest BCUT2D eigenvalue weighted by Gasteiger charge is -2.09. The number of aliphatic hydroxyl groups excluding tert-OH is 1. The van der Waals surface area contributed by atoms with Gasteiger partial charge in [0.2, 0.25) is 0 Å². The van der Waals surface area contributed by atoms with E-state index in [1.54, 1.807) is 17.9 Å². The van der Waals surface area contributed by atoms with Crippen LogP contribution in [-0.4, -0.2) is 21.8 Å². The Morgan fingerprint density at radius 3 is 2.94 bits per heavy atom.